The molecule has 0 radical (unpaired) electrons. The van der Waals surface area contributed by atoms with E-state index in [1.165, 1.54) is 18.5 Å². The molecule has 0 saturated carbocycles. The number of hydrogen-bond acceptors (Lipinski definition) is 6. The lowest BCUT2D eigenvalue weighted by molar-refractivity contribution is 0.134. The van der Waals surface area contributed by atoms with E-state index >= 15 is 0 Å². The average Bonchev–Trinajstić information content (AvgIpc) is 3.07. The van der Waals surface area contributed by atoms with Crippen LogP contribution in [0.3, 0.4) is 0 Å². The van der Waals surface area contributed by atoms with Gasteiger partial charge < -0.3 is 9.88 Å². The Morgan fingerprint density at radius 3 is 2.89 bits per heavy atom. The number of imidazole rings is 1. The van der Waals surface area contributed by atoms with Crippen molar-refractivity contribution in [3.63, 3.8) is 0 Å². The van der Waals surface area contributed by atoms with Crippen LogP contribution in [0.1, 0.15) is 42.5 Å². The second-order valence-electron chi connectivity index (χ2n) is 7.04. The maximum Gasteiger partial charge on any atom is 0.135 e. The first kappa shape index (κ1) is 17.6. The number of rotatable bonds is 5. The molecule has 0 amide bonds. The van der Waals surface area contributed by atoms with Gasteiger partial charge in [0.1, 0.15) is 17.5 Å². The quantitative estimate of drug-likeness (QED) is 0.749. The van der Waals surface area contributed by atoms with E-state index in [2.05, 4.69) is 35.8 Å². The highest BCUT2D eigenvalue weighted by Gasteiger charge is 2.26. The first-order valence-electron chi connectivity index (χ1n) is 9.42. The third-order valence-electron chi connectivity index (χ3n) is 5.02. The maximum absolute atomic E-state index is 4.77. The summed E-state index contributed by atoms with van der Waals surface area (Å²) in [6.07, 6.45) is 9.13. The third kappa shape index (κ3) is 4.14. The van der Waals surface area contributed by atoms with Crippen LogP contribution in [0.4, 0.5) is 11.6 Å². The van der Waals surface area contributed by atoms with Crippen LogP contribution in [-0.2, 0) is 13.6 Å². The lowest BCUT2D eigenvalue weighted by Crippen LogP contribution is -2.34. The zero-order valence-corrected chi connectivity index (χ0v) is 15.8. The van der Waals surface area contributed by atoms with Crippen molar-refractivity contribution in [2.24, 2.45) is 7.05 Å². The number of piperidine rings is 1. The van der Waals surface area contributed by atoms with E-state index in [9.17, 15) is 0 Å². The first-order valence-corrected chi connectivity index (χ1v) is 9.42. The Bertz CT molecular complexity index is 890. The van der Waals surface area contributed by atoms with Crippen LogP contribution in [0.2, 0.25) is 0 Å². The second-order valence-corrected chi connectivity index (χ2v) is 7.04. The van der Waals surface area contributed by atoms with E-state index in [-0.39, 0.29) is 0 Å². The van der Waals surface area contributed by atoms with Gasteiger partial charge in [-0.15, -0.1) is 0 Å². The van der Waals surface area contributed by atoms with Crippen molar-refractivity contribution in [1.29, 1.82) is 0 Å². The van der Waals surface area contributed by atoms with Gasteiger partial charge in [-0.2, -0.15) is 0 Å². The van der Waals surface area contributed by atoms with Gasteiger partial charge >= 0.3 is 0 Å². The Hall–Kier alpha value is -2.80. The fraction of sp³-hybridized carbons (Fsp3) is 0.400. The number of anilines is 2. The van der Waals surface area contributed by atoms with Crippen LogP contribution in [0.5, 0.6) is 0 Å². The Labute approximate surface area is 159 Å². The zero-order valence-electron chi connectivity index (χ0n) is 15.8. The normalized spacial score (nSPS) is 17.8. The van der Waals surface area contributed by atoms with Gasteiger partial charge in [-0.25, -0.2) is 19.9 Å². The van der Waals surface area contributed by atoms with Gasteiger partial charge in [0, 0.05) is 32.1 Å². The van der Waals surface area contributed by atoms with Crippen LogP contribution < -0.4 is 5.32 Å². The van der Waals surface area contributed by atoms with Crippen molar-refractivity contribution in [2.75, 3.05) is 11.9 Å². The summed E-state index contributed by atoms with van der Waals surface area (Å²) in [5.41, 5.74) is 2.29. The lowest BCUT2D eigenvalue weighted by atomic mass is 9.98. The minimum atomic E-state index is 0.291. The van der Waals surface area contributed by atoms with Gasteiger partial charge in [0.25, 0.3) is 0 Å². The molecule has 0 bridgehead atoms. The molecule has 140 valence electrons. The molecule has 1 aliphatic rings. The molecule has 7 nitrogen and oxygen atoms in total. The third-order valence-corrected chi connectivity index (χ3v) is 5.02. The number of hydrogen-bond donors (Lipinski definition) is 1. The fourth-order valence-electron chi connectivity index (χ4n) is 3.65. The summed E-state index contributed by atoms with van der Waals surface area (Å²) in [6.45, 7) is 3.90. The number of aromatic nitrogens is 5. The minimum Gasteiger partial charge on any atom is -0.337 e. The summed E-state index contributed by atoms with van der Waals surface area (Å²) < 4.78 is 2.09. The molecule has 0 aliphatic carbocycles. The van der Waals surface area contributed by atoms with E-state index < -0.39 is 0 Å². The standard InChI is InChI=1S/C20H25N7/c1-15-23-17(11-20(24-15)25-19-8-3-5-9-22-19)18-7-4-6-10-27(18)13-16-12-21-14-26(16)2/h3,5,8-9,11-12,14,18H,4,6-7,10,13H2,1-2H3,(H,22,23,24,25)/t18-/m0/s1. The molecule has 1 saturated heterocycles. The Morgan fingerprint density at radius 2 is 2.11 bits per heavy atom. The highest BCUT2D eigenvalue weighted by molar-refractivity contribution is 5.51. The first-order chi connectivity index (χ1) is 13.2. The van der Waals surface area contributed by atoms with Crippen LogP contribution in [0, 0.1) is 6.92 Å². The average molecular weight is 363 g/mol. The van der Waals surface area contributed by atoms with Crippen molar-refractivity contribution in [2.45, 2.75) is 38.8 Å². The Kier molecular flexibility index (Phi) is 5.11. The molecule has 1 aliphatic heterocycles. The summed E-state index contributed by atoms with van der Waals surface area (Å²) in [5.74, 6) is 2.36. The van der Waals surface area contributed by atoms with Crippen molar-refractivity contribution >= 4 is 11.6 Å². The molecule has 0 unspecified atom stereocenters. The largest absolute Gasteiger partial charge is 0.337 e. The van der Waals surface area contributed by atoms with Gasteiger partial charge in [0.2, 0.25) is 0 Å². The molecule has 1 atom stereocenters. The fourth-order valence-corrected chi connectivity index (χ4v) is 3.65. The predicted molar refractivity (Wildman–Crippen MR) is 104 cm³/mol. The monoisotopic (exact) mass is 363 g/mol. The lowest BCUT2D eigenvalue weighted by Gasteiger charge is -2.35. The molecule has 4 heterocycles. The summed E-state index contributed by atoms with van der Waals surface area (Å²) in [7, 11) is 2.05. The summed E-state index contributed by atoms with van der Waals surface area (Å²) in [5, 5.41) is 3.30. The number of likely N-dealkylation sites (tertiary alicyclic amines) is 1. The van der Waals surface area contributed by atoms with Gasteiger partial charge in [-0.05, 0) is 38.4 Å². The van der Waals surface area contributed by atoms with E-state index in [0.29, 0.717) is 6.04 Å². The highest BCUT2D eigenvalue weighted by atomic mass is 15.2. The molecule has 1 fully saturated rings. The molecular weight excluding hydrogens is 338 g/mol. The molecule has 3 aromatic rings. The summed E-state index contributed by atoms with van der Waals surface area (Å²) in [6, 6.07) is 8.15. The molecule has 0 spiro atoms. The minimum absolute atomic E-state index is 0.291. The van der Waals surface area contributed by atoms with Crippen molar-refractivity contribution < 1.29 is 0 Å². The number of nitrogens with one attached hydrogen (secondary N) is 1. The molecule has 3 aromatic heterocycles. The van der Waals surface area contributed by atoms with E-state index in [0.717, 1.165) is 42.7 Å². The predicted octanol–water partition coefficient (Wildman–Crippen LogP) is 3.38. The molecule has 0 aromatic carbocycles. The molecule has 27 heavy (non-hydrogen) atoms. The Balaban J connectivity index is 1.59. The van der Waals surface area contributed by atoms with E-state index in [1.54, 1.807) is 6.20 Å². The maximum atomic E-state index is 4.77. The summed E-state index contributed by atoms with van der Waals surface area (Å²) in [4.78, 5) is 20.4. The number of pyridine rings is 1. The Morgan fingerprint density at radius 1 is 1.19 bits per heavy atom. The smallest absolute Gasteiger partial charge is 0.135 e. The van der Waals surface area contributed by atoms with Crippen molar-refractivity contribution in [1.82, 2.24) is 29.4 Å². The van der Waals surface area contributed by atoms with Crippen LogP contribution >= 0.6 is 0 Å². The van der Waals surface area contributed by atoms with Crippen LogP contribution in [0.15, 0.2) is 43.0 Å². The number of aryl methyl sites for hydroxylation is 2. The second kappa shape index (κ2) is 7.84. The SMILES string of the molecule is Cc1nc(Nc2ccccn2)cc([C@@H]2CCCCN2Cc2cncn2C)n1. The van der Waals surface area contributed by atoms with Gasteiger partial charge in [0.15, 0.2) is 0 Å². The molecule has 7 heteroatoms. The van der Waals surface area contributed by atoms with Crippen molar-refractivity contribution in [3.05, 3.63) is 60.2 Å². The zero-order chi connectivity index (χ0) is 18.6. The van der Waals surface area contributed by atoms with Crippen LogP contribution in [-0.4, -0.2) is 35.9 Å². The van der Waals surface area contributed by atoms with Gasteiger partial charge in [0.05, 0.1) is 23.8 Å². The van der Waals surface area contributed by atoms with Crippen LogP contribution in [0.25, 0.3) is 0 Å². The molecule has 1 N–H and O–H groups in total. The topological polar surface area (TPSA) is 71.8 Å². The highest BCUT2D eigenvalue weighted by Crippen LogP contribution is 2.32. The molecular formula is C20H25N7. The molecule has 4 rings (SSSR count). The number of nitrogens with zero attached hydrogens (tertiary/aromatic N) is 6. The van der Waals surface area contributed by atoms with Crippen molar-refractivity contribution in [3.8, 4) is 0 Å². The van der Waals surface area contributed by atoms with Gasteiger partial charge in [-0.3, -0.25) is 4.90 Å². The van der Waals surface area contributed by atoms with E-state index in [4.69, 9.17) is 4.98 Å². The van der Waals surface area contributed by atoms with E-state index in [1.807, 2.05) is 44.7 Å². The summed E-state index contributed by atoms with van der Waals surface area (Å²) >= 11 is 0. The van der Waals surface area contributed by atoms with Gasteiger partial charge in [-0.1, -0.05) is 12.5 Å².